The summed E-state index contributed by atoms with van der Waals surface area (Å²) in [5.41, 5.74) is 4.52. The highest BCUT2D eigenvalue weighted by Crippen LogP contribution is 2.29. The molecule has 1 heterocycles. The van der Waals surface area contributed by atoms with Gasteiger partial charge >= 0.3 is 0 Å². The van der Waals surface area contributed by atoms with E-state index in [4.69, 9.17) is 15.0 Å². The van der Waals surface area contributed by atoms with Gasteiger partial charge in [0.2, 0.25) is 0 Å². The van der Waals surface area contributed by atoms with Crippen LogP contribution in [0.15, 0.2) is 95.5 Å². The highest BCUT2D eigenvalue weighted by Gasteiger charge is 2.18. The molecule has 0 aliphatic heterocycles. The van der Waals surface area contributed by atoms with Crippen LogP contribution in [0.1, 0.15) is 36.8 Å². The van der Waals surface area contributed by atoms with Gasteiger partial charge in [0.15, 0.2) is 11.6 Å². The van der Waals surface area contributed by atoms with Crippen LogP contribution in [-0.2, 0) is 0 Å². The molecule has 1 unspecified atom stereocenters. The fourth-order valence-electron chi connectivity index (χ4n) is 3.87. The number of hydrogen-bond acceptors (Lipinski definition) is 3. The van der Waals surface area contributed by atoms with Crippen molar-refractivity contribution in [3.8, 4) is 22.5 Å². The van der Waals surface area contributed by atoms with E-state index >= 15 is 0 Å². The van der Waals surface area contributed by atoms with Crippen molar-refractivity contribution in [3.63, 3.8) is 0 Å². The first-order chi connectivity index (χ1) is 15.3. The highest BCUT2D eigenvalue weighted by molar-refractivity contribution is 9.10. The average Bonchev–Trinajstić information content (AvgIpc) is 2.85. The van der Waals surface area contributed by atoms with E-state index < -0.39 is 0 Å². The molecule has 0 saturated heterocycles. The summed E-state index contributed by atoms with van der Waals surface area (Å²) in [6.45, 7) is 0. The molecule has 3 nitrogen and oxygen atoms in total. The number of hydrogen-bond donors (Lipinski definition) is 0. The third kappa shape index (κ3) is 4.49. The van der Waals surface area contributed by atoms with E-state index in [1.807, 2.05) is 6.07 Å². The molecule has 0 bridgehead atoms. The Kier molecular flexibility index (Phi) is 5.72. The summed E-state index contributed by atoms with van der Waals surface area (Å²) in [5.74, 6) is 2.56. The molecule has 2 aromatic carbocycles. The summed E-state index contributed by atoms with van der Waals surface area (Å²) in [4.78, 5) is 14.6. The van der Waals surface area contributed by atoms with Gasteiger partial charge in [0.1, 0.15) is 5.82 Å². The van der Waals surface area contributed by atoms with Crippen LogP contribution in [0, 0.1) is 0 Å². The van der Waals surface area contributed by atoms with Crippen molar-refractivity contribution >= 4 is 21.5 Å². The molecule has 0 amide bonds. The summed E-state index contributed by atoms with van der Waals surface area (Å²) in [6, 6.07) is 16.8. The van der Waals surface area contributed by atoms with Crippen LogP contribution in [0.3, 0.4) is 0 Å². The van der Waals surface area contributed by atoms with E-state index in [-0.39, 0.29) is 5.92 Å². The smallest absolute Gasteiger partial charge is 0.163 e. The largest absolute Gasteiger partial charge is 0.213 e. The van der Waals surface area contributed by atoms with E-state index in [9.17, 15) is 0 Å². The predicted molar refractivity (Wildman–Crippen MR) is 130 cm³/mol. The van der Waals surface area contributed by atoms with Crippen molar-refractivity contribution in [1.29, 1.82) is 0 Å². The van der Waals surface area contributed by atoms with Crippen LogP contribution in [-0.4, -0.2) is 15.0 Å². The van der Waals surface area contributed by atoms with E-state index in [0.29, 0.717) is 0 Å². The highest BCUT2D eigenvalue weighted by atomic mass is 79.9. The maximum Gasteiger partial charge on any atom is 0.163 e. The van der Waals surface area contributed by atoms with Crippen LogP contribution in [0.25, 0.3) is 28.1 Å². The van der Waals surface area contributed by atoms with Gasteiger partial charge in [-0.3, -0.25) is 0 Å². The third-order valence-electron chi connectivity index (χ3n) is 5.57. The van der Waals surface area contributed by atoms with Crippen molar-refractivity contribution in [2.45, 2.75) is 25.2 Å². The summed E-state index contributed by atoms with van der Waals surface area (Å²) in [6.07, 6.45) is 17.8. The zero-order valence-electron chi connectivity index (χ0n) is 17.1. The Labute approximate surface area is 191 Å². The lowest BCUT2D eigenvalue weighted by atomic mass is 9.99. The molecule has 31 heavy (non-hydrogen) atoms. The van der Waals surface area contributed by atoms with E-state index in [1.165, 1.54) is 16.7 Å². The second-order valence-corrected chi connectivity index (χ2v) is 8.66. The molecule has 1 atom stereocenters. The van der Waals surface area contributed by atoms with Gasteiger partial charge in [0.25, 0.3) is 0 Å². The van der Waals surface area contributed by atoms with Crippen LogP contribution < -0.4 is 0 Å². The fraction of sp³-hybridized carbons (Fsp3) is 0.148. The van der Waals surface area contributed by atoms with Crippen LogP contribution in [0.2, 0.25) is 0 Å². The first-order valence-electron chi connectivity index (χ1n) is 10.6. The van der Waals surface area contributed by atoms with Crippen LogP contribution in [0.4, 0.5) is 0 Å². The minimum atomic E-state index is 0.186. The van der Waals surface area contributed by atoms with Gasteiger partial charge in [-0.15, -0.1) is 0 Å². The average molecular weight is 468 g/mol. The quantitative estimate of drug-likeness (QED) is 0.403. The van der Waals surface area contributed by atoms with E-state index in [0.717, 1.165) is 46.8 Å². The molecule has 1 aromatic heterocycles. The fourth-order valence-corrected chi connectivity index (χ4v) is 4.27. The Morgan fingerprint density at radius 1 is 0.774 bits per heavy atom. The van der Waals surface area contributed by atoms with Crippen LogP contribution >= 0.6 is 15.9 Å². The molecule has 0 spiro atoms. The number of benzene rings is 2. The third-order valence-corrected chi connectivity index (χ3v) is 6.06. The van der Waals surface area contributed by atoms with Gasteiger partial charge in [-0.25, -0.2) is 15.0 Å². The zero-order valence-corrected chi connectivity index (χ0v) is 18.7. The second kappa shape index (κ2) is 8.94. The normalized spacial score (nSPS) is 17.6. The molecule has 0 fully saturated rings. The van der Waals surface area contributed by atoms with E-state index in [2.05, 4.69) is 101 Å². The van der Waals surface area contributed by atoms with Gasteiger partial charge in [-0.05, 0) is 48.1 Å². The number of halogens is 1. The van der Waals surface area contributed by atoms with Gasteiger partial charge in [-0.1, -0.05) is 94.9 Å². The Hall–Kier alpha value is -3.11. The van der Waals surface area contributed by atoms with E-state index in [1.54, 1.807) is 0 Å². The lowest BCUT2D eigenvalue weighted by Crippen LogP contribution is -2.09. The standard InChI is InChI=1S/C27H22BrN3/c28-24-13-7-12-23(18-24)19-14-16-22(17-15-19)27-30-25(20-8-3-1-4-9-20)29-26(31-27)21-10-5-2-6-11-21/h1-5,7-8,10,12-18,20H,6,9,11H2. The summed E-state index contributed by atoms with van der Waals surface area (Å²) >= 11 is 3.55. The molecule has 2 aliphatic carbocycles. The van der Waals surface area contributed by atoms with Gasteiger partial charge in [-0.2, -0.15) is 0 Å². The molecule has 0 radical (unpaired) electrons. The van der Waals surface area contributed by atoms with Crippen molar-refractivity contribution in [1.82, 2.24) is 15.0 Å². The lowest BCUT2D eigenvalue weighted by Gasteiger charge is -2.16. The first-order valence-corrected chi connectivity index (χ1v) is 11.4. The first kappa shape index (κ1) is 19.8. The number of aromatic nitrogens is 3. The van der Waals surface area contributed by atoms with Crippen molar-refractivity contribution in [2.24, 2.45) is 0 Å². The lowest BCUT2D eigenvalue weighted by molar-refractivity contribution is 0.754. The molecular formula is C27H22BrN3. The maximum atomic E-state index is 4.88. The van der Waals surface area contributed by atoms with Gasteiger partial charge < -0.3 is 0 Å². The number of allylic oxidation sites excluding steroid dienone is 8. The molecule has 0 N–H and O–H groups in total. The van der Waals surface area contributed by atoms with Crippen molar-refractivity contribution in [3.05, 3.63) is 107 Å². The summed E-state index contributed by atoms with van der Waals surface area (Å²) in [5, 5.41) is 0. The minimum Gasteiger partial charge on any atom is -0.213 e. The predicted octanol–water partition coefficient (Wildman–Crippen LogP) is 7.30. The Morgan fingerprint density at radius 3 is 2.35 bits per heavy atom. The topological polar surface area (TPSA) is 38.7 Å². The SMILES string of the molecule is Brc1cccc(-c2ccc(-c3nc(C4=CC=CCC4)nc(C4C=CC=CC4)n3)cc2)c1. The Balaban J connectivity index is 1.54. The molecule has 3 aromatic rings. The minimum absolute atomic E-state index is 0.186. The Bertz CT molecular complexity index is 1220. The zero-order chi connectivity index (χ0) is 21.0. The van der Waals surface area contributed by atoms with Gasteiger partial charge in [0, 0.05) is 16.0 Å². The monoisotopic (exact) mass is 467 g/mol. The molecule has 2 aliphatic rings. The molecule has 152 valence electrons. The van der Waals surface area contributed by atoms with Crippen molar-refractivity contribution in [2.75, 3.05) is 0 Å². The van der Waals surface area contributed by atoms with Crippen LogP contribution in [0.5, 0.6) is 0 Å². The Morgan fingerprint density at radius 2 is 1.61 bits per heavy atom. The van der Waals surface area contributed by atoms with Crippen molar-refractivity contribution < 1.29 is 0 Å². The van der Waals surface area contributed by atoms with Gasteiger partial charge in [0.05, 0.1) is 0 Å². The molecule has 5 rings (SSSR count). The maximum absolute atomic E-state index is 4.88. The second-order valence-electron chi connectivity index (χ2n) is 7.74. The number of rotatable bonds is 4. The molecule has 4 heteroatoms. The summed E-state index contributed by atoms with van der Waals surface area (Å²) < 4.78 is 1.07. The molecule has 0 saturated carbocycles. The number of nitrogens with zero attached hydrogens (tertiary/aromatic N) is 3. The summed E-state index contributed by atoms with van der Waals surface area (Å²) in [7, 11) is 0. The molecular weight excluding hydrogens is 446 g/mol.